The second kappa shape index (κ2) is 38.8. The number of rotatable bonds is 14. The minimum atomic E-state index is -0.190. The van der Waals surface area contributed by atoms with Crippen LogP contribution in [-0.4, -0.2) is 61.1 Å². The molecular formula is C125H123Br2N11O3. The number of hydrogen-bond acceptors (Lipinski definition) is 7. The van der Waals surface area contributed by atoms with Gasteiger partial charge in [-0.25, -0.2) is 0 Å². The van der Waals surface area contributed by atoms with Crippen molar-refractivity contribution in [2.75, 3.05) is 40.7 Å². The van der Waals surface area contributed by atoms with Gasteiger partial charge in [0.25, 0.3) is 0 Å². The quantitative estimate of drug-likeness (QED) is 0.0487. The number of anilines is 4. The molecule has 2 aliphatic carbocycles. The number of aromatic amines is 7. The van der Waals surface area contributed by atoms with E-state index in [9.17, 15) is 4.79 Å². The number of para-hydroxylation sites is 6. The van der Waals surface area contributed by atoms with E-state index in [1.54, 1.807) is 7.11 Å². The normalized spacial score (nSPS) is 17.2. The lowest BCUT2D eigenvalue weighted by molar-refractivity contribution is -0.141. The van der Waals surface area contributed by atoms with Crippen molar-refractivity contribution >= 4 is 142 Å². The molecule has 7 aromatic heterocycles. The van der Waals surface area contributed by atoms with Gasteiger partial charge in [0, 0.05) is 195 Å². The van der Waals surface area contributed by atoms with Crippen LogP contribution in [-0.2, 0) is 57.0 Å². The van der Waals surface area contributed by atoms with E-state index in [2.05, 4.69) is 465 Å². The monoisotopic (exact) mass is 1980 g/mol. The molecule has 11 heterocycles. The van der Waals surface area contributed by atoms with Gasteiger partial charge in [-0.2, -0.15) is 0 Å². The summed E-state index contributed by atoms with van der Waals surface area (Å²) in [5.41, 5.74) is 37.6. The number of nitrogens with one attached hydrogen (secondary N) is 9. The van der Waals surface area contributed by atoms with Gasteiger partial charge in [0.05, 0.1) is 37.9 Å². The topological polar surface area (TPSA) is 177 Å². The fourth-order valence-electron chi connectivity index (χ4n) is 23.7. The summed E-state index contributed by atoms with van der Waals surface area (Å²) in [7, 11) is 1.70. The summed E-state index contributed by atoms with van der Waals surface area (Å²) in [6, 6.07) is 109. The molecule has 710 valence electrons. The number of halogens is 2. The van der Waals surface area contributed by atoms with Crippen LogP contribution in [0.3, 0.4) is 0 Å². The largest absolute Gasteiger partial charge is 0.497 e. The molecule has 0 amide bonds. The van der Waals surface area contributed by atoms with Crippen molar-refractivity contribution in [2.45, 2.75) is 173 Å². The van der Waals surface area contributed by atoms with Crippen molar-refractivity contribution in [3.8, 4) is 5.75 Å². The molecule has 1 saturated carbocycles. The van der Waals surface area contributed by atoms with E-state index >= 15 is 0 Å². The predicted octanol–water partition coefficient (Wildman–Crippen LogP) is 32.0. The number of hydrogen-bond donors (Lipinski definition) is 9. The van der Waals surface area contributed by atoms with E-state index in [-0.39, 0.29) is 52.3 Å². The van der Waals surface area contributed by atoms with Gasteiger partial charge in [0.15, 0.2) is 0 Å². The molecule has 4 atom stereocenters. The van der Waals surface area contributed by atoms with Gasteiger partial charge >= 0.3 is 5.97 Å². The second-order valence-electron chi connectivity index (χ2n) is 40.8. The van der Waals surface area contributed by atoms with E-state index in [4.69, 9.17) is 9.47 Å². The van der Waals surface area contributed by atoms with E-state index in [0.29, 0.717) is 12.6 Å². The lowest BCUT2D eigenvalue weighted by Gasteiger charge is -2.39. The number of aromatic nitrogens is 7. The Morgan fingerprint density at radius 3 is 1.57 bits per heavy atom. The van der Waals surface area contributed by atoms with Gasteiger partial charge in [0.2, 0.25) is 0 Å². The minimum absolute atomic E-state index is 0.0201. The number of H-pyrrole nitrogens is 7. The van der Waals surface area contributed by atoms with Gasteiger partial charge in [-0.1, -0.05) is 292 Å². The lowest BCUT2D eigenvalue weighted by Crippen LogP contribution is -2.37. The van der Waals surface area contributed by atoms with E-state index in [0.717, 1.165) is 57.2 Å². The Hall–Kier alpha value is -14.2. The fourth-order valence-corrected chi connectivity index (χ4v) is 24.4. The van der Waals surface area contributed by atoms with Crippen LogP contribution >= 0.6 is 31.9 Å². The van der Waals surface area contributed by atoms with Crippen LogP contribution in [0.1, 0.15) is 200 Å². The summed E-state index contributed by atoms with van der Waals surface area (Å²) in [6.07, 6.45) is 20.7. The first-order valence-electron chi connectivity index (χ1n) is 49.9. The van der Waals surface area contributed by atoms with Crippen LogP contribution in [0.5, 0.6) is 5.75 Å². The molecule has 0 radical (unpaired) electrons. The van der Waals surface area contributed by atoms with Gasteiger partial charge in [-0.15, -0.1) is 0 Å². The van der Waals surface area contributed by atoms with Crippen LogP contribution in [0.4, 0.5) is 22.7 Å². The zero-order valence-electron chi connectivity index (χ0n) is 82.2. The van der Waals surface area contributed by atoms with Gasteiger partial charge in [0.1, 0.15) is 12.3 Å². The molecule has 13 aromatic carbocycles. The first-order chi connectivity index (χ1) is 68.5. The maximum Gasteiger partial charge on any atom is 0.325 e. The Kier molecular flexibility index (Phi) is 25.6. The molecule has 4 aliphatic heterocycles. The summed E-state index contributed by atoms with van der Waals surface area (Å²) < 4.78 is 12.8. The van der Waals surface area contributed by atoms with E-state index in [1.165, 1.54) is 215 Å². The average molecular weight is 1990 g/mol. The van der Waals surface area contributed by atoms with Crippen LogP contribution in [0.15, 0.2) is 343 Å². The Morgan fingerprint density at radius 2 is 0.915 bits per heavy atom. The third kappa shape index (κ3) is 18.1. The van der Waals surface area contributed by atoms with Crippen molar-refractivity contribution in [1.29, 1.82) is 0 Å². The summed E-state index contributed by atoms with van der Waals surface area (Å²) in [5, 5.41) is 16.5. The van der Waals surface area contributed by atoms with E-state index in [1.807, 2.05) is 25.1 Å². The Labute approximate surface area is 842 Å². The van der Waals surface area contributed by atoms with Gasteiger partial charge in [-0.05, 0) is 236 Å². The maximum atomic E-state index is 12.3. The lowest BCUT2D eigenvalue weighted by atomic mass is 9.65. The highest BCUT2D eigenvalue weighted by Crippen LogP contribution is 2.60. The molecule has 9 N–H and O–H groups in total. The first kappa shape index (κ1) is 93.1. The second-order valence-corrected chi connectivity index (χ2v) is 42.7. The van der Waals surface area contributed by atoms with Crippen LogP contribution in [0.25, 0.3) is 81.9 Å². The smallest absolute Gasteiger partial charge is 0.325 e. The number of esters is 1. The number of allylic oxidation sites excluding steroid dienone is 1. The molecule has 16 heteroatoms. The Bertz CT molecular complexity index is 7960. The molecule has 6 aliphatic rings. The molecule has 4 unspecified atom stereocenters. The molecule has 141 heavy (non-hydrogen) atoms. The third-order valence-corrected chi connectivity index (χ3v) is 31.7. The zero-order valence-corrected chi connectivity index (χ0v) is 85.4. The van der Waals surface area contributed by atoms with E-state index < -0.39 is 0 Å². The molecule has 26 rings (SSSR count). The highest BCUT2D eigenvalue weighted by molar-refractivity contribution is 9.10. The molecule has 1 spiro atoms. The summed E-state index contributed by atoms with van der Waals surface area (Å²) >= 11 is 7.11. The maximum absolute atomic E-state index is 12.3. The number of ether oxygens (including phenoxy) is 2. The van der Waals surface area contributed by atoms with Crippen molar-refractivity contribution < 1.29 is 14.3 Å². The van der Waals surface area contributed by atoms with Crippen molar-refractivity contribution in [3.63, 3.8) is 0 Å². The standard InChI is InChI=1S/C26H26N2.C22H24N2O2.C22H24N2.C19H17BrN2.C18H17BrN2.C18H15NO/c1-18-12-14-19(15-13-18)17-28-24-11-7-5-9-22(24)26(2,3)25(28)21-16-27-23-10-6-4-8-20(21)23;1-4-26-20(25)14-24-19-12-8-6-10-17(19)22(2,3)21(24)16-13-23-18-11-7-5-9-15(16)18;1-15-9-10-19-16(13-15)17(14-23-19)21-22(11-5-2-6-12-22)18-7-3-4-8-20(18)24-21;1-12-2-3-13-9-16(21-18(13)8-12)6-7-17-10-14-4-5-15(20)11-19(14)22-17;1-18(2)14-9-11(19)7-8-16(14)21-17(18)13-10-20-15-6-4-3-5-12(13)15;1-20-14-7-9-17-13(10-14)11-18(19-17)16-8-6-12-4-2-3-5-15(12)16/h4-16,25,27H,17H2,1-3H3;5-13,21,23H,4,14H2,1-3H3;3-4,7-10,13-14,21,23-24H,2,5-6,11-12H2,1H3;2-5,8-11,21-22H,6-7H2,1H3;3-10,17,20-21H,1-2H3;2-5,7-11,19H,6H2,1H3. The number of nitrogens with zero attached hydrogens (tertiary/aromatic N) is 2. The summed E-state index contributed by atoms with van der Waals surface area (Å²) in [6.45, 7) is 23.7. The molecule has 14 nitrogen and oxygen atoms in total. The predicted molar refractivity (Wildman–Crippen MR) is 593 cm³/mol. The number of aryl methyl sites for hydroxylation is 5. The van der Waals surface area contributed by atoms with Crippen LogP contribution < -0.4 is 25.2 Å². The Morgan fingerprint density at radius 1 is 0.411 bits per heavy atom. The molecular weight excluding hydrogens is 1860 g/mol. The zero-order chi connectivity index (χ0) is 97.0. The first-order valence-corrected chi connectivity index (χ1v) is 51.5. The van der Waals surface area contributed by atoms with Crippen LogP contribution in [0.2, 0.25) is 0 Å². The van der Waals surface area contributed by atoms with Gasteiger partial charge < -0.3 is 64.8 Å². The molecule has 0 saturated heterocycles. The summed E-state index contributed by atoms with van der Waals surface area (Å²) in [4.78, 5) is 41.4. The number of fused-ring (bicyclic) bond motifs is 13. The highest BCUT2D eigenvalue weighted by atomic mass is 79.9. The van der Waals surface area contributed by atoms with Crippen molar-refractivity contribution in [2.24, 2.45) is 0 Å². The average Bonchev–Trinajstić information content (AvgIpc) is 1.57. The van der Waals surface area contributed by atoms with Crippen molar-refractivity contribution in [3.05, 3.63) is 438 Å². The van der Waals surface area contributed by atoms with Crippen LogP contribution in [0, 0.1) is 20.8 Å². The molecule has 1 fully saturated rings. The minimum Gasteiger partial charge on any atom is -0.497 e. The molecule has 20 aromatic rings. The number of methoxy groups -OCH3 is 1. The molecule has 0 bridgehead atoms. The van der Waals surface area contributed by atoms with Gasteiger partial charge in [-0.3, -0.25) is 4.79 Å². The van der Waals surface area contributed by atoms with Crippen molar-refractivity contribution in [1.82, 2.24) is 34.9 Å². The number of carbonyl (C=O) groups is 1. The highest BCUT2D eigenvalue weighted by Gasteiger charge is 2.51. The Balaban J connectivity index is 0.000000101. The fraction of sp³-hybridized carbons (Fsp3) is 0.240. The SMILES string of the molecule is CC1(C)c2cc(Br)ccc2NC1c1c[nH]c2ccccc12.CCOC(=O)CN1c2ccccc2C(C)(C)C1c1c[nH]c2ccccc12.COc1ccc2[nH]c(C3=CCc4ccccc43)cc2c1.Cc1ccc(CN2c3ccccc3C(C)(C)C2c2c[nH]c3ccccc23)cc1.Cc1ccc2[nH]cc(C3Nc4ccccc4C34CCCCC4)c2c1.Cc1ccc2cc(CCc3cc4ccc(Br)cc4[nH]3)[nH]c2c1. The summed E-state index contributed by atoms with van der Waals surface area (Å²) in [5.74, 6) is 0.702. The number of carbonyl (C=O) groups excluding carboxylic acids is 1. The number of benzene rings is 13. The third-order valence-electron chi connectivity index (χ3n) is 30.7.